The number of thiophene rings is 1. The lowest BCUT2D eigenvalue weighted by Crippen LogP contribution is -2.25. The zero-order valence-corrected chi connectivity index (χ0v) is 13.2. The van der Waals surface area contributed by atoms with Gasteiger partial charge in [-0.25, -0.2) is 8.42 Å². The summed E-state index contributed by atoms with van der Waals surface area (Å²) >= 11 is 6.96. The van der Waals surface area contributed by atoms with Crippen LogP contribution in [0.4, 0.5) is 5.69 Å². The monoisotopic (exact) mass is 326 g/mol. The SMILES string of the molecule is Cc1cc(S(=O)(=O)N(C)c2ccc(C#N)cc2)sc1Cl. The molecule has 0 N–H and O–H groups in total. The van der Waals surface area contributed by atoms with Crippen molar-refractivity contribution in [2.75, 3.05) is 11.4 Å². The van der Waals surface area contributed by atoms with Crippen molar-refractivity contribution in [3.63, 3.8) is 0 Å². The first kappa shape index (κ1) is 14.9. The third-order valence-corrected chi connectivity index (χ3v) is 6.60. The van der Waals surface area contributed by atoms with Crippen molar-refractivity contribution >= 4 is 38.6 Å². The number of halogens is 1. The molecule has 0 aliphatic rings. The van der Waals surface area contributed by atoms with E-state index >= 15 is 0 Å². The van der Waals surface area contributed by atoms with Gasteiger partial charge in [0, 0.05) is 7.05 Å². The lowest BCUT2D eigenvalue weighted by atomic mass is 10.2. The normalized spacial score (nSPS) is 11.1. The van der Waals surface area contributed by atoms with Crippen LogP contribution in [0.3, 0.4) is 0 Å². The molecule has 0 aliphatic carbocycles. The Hall–Kier alpha value is -1.55. The van der Waals surface area contributed by atoms with Crippen molar-refractivity contribution in [1.82, 2.24) is 0 Å². The van der Waals surface area contributed by atoms with Gasteiger partial charge < -0.3 is 0 Å². The van der Waals surface area contributed by atoms with Crippen molar-refractivity contribution in [1.29, 1.82) is 5.26 Å². The molecule has 0 amide bonds. The Morgan fingerprint density at radius 1 is 1.30 bits per heavy atom. The van der Waals surface area contributed by atoms with Gasteiger partial charge in [0.2, 0.25) is 0 Å². The summed E-state index contributed by atoms with van der Waals surface area (Å²) in [5, 5.41) is 8.74. The van der Waals surface area contributed by atoms with Crippen LogP contribution in [0.2, 0.25) is 4.34 Å². The highest BCUT2D eigenvalue weighted by Crippen LogP contribution is 2.33. The first-order valence-corrected chi connectivity index (χ1v) is 8.24. The molecule has 0 saturated carbocycles. The lowest BCUT2D eigenvalue weighted by Gasteiger charge is -2.18. The largest absolute Gasteiger partial charge is 0.273 e. The third kappa shape index (κ3) is 2.66. The summed E-state index contributed by atoms with van der Waals surface area (Å²) in [6, 6.07) is 9.89. The number of hydrogen-bond acceptors (Lipinski definition) is 4. The number of sulfonamides is 1. The molecule has 0 spiro atoms. The Bertz CT molecular complexity index is 754. The lowest BCUT2D eigenvalue weighted by molar-refractivity contribution is 0.596. The van der Waals surface area contributed by atoms with Gasteiger partial charge in [-0.3, -0.25) is 4.31 Å². The minimum absolute atomic E-state index is 0.201. The molecule has 2 rings (SSSR count). The maximum atomic E-state index is 12.5. The van der Waals surface area contributed by atoms with Crippen molar-refractivity contribution in [2.24, 2.45) is 0 Å². The maximum absolute atomic E-state index is 12.5. The predicted octanol–water partition coefficient (Wildman–Crippen LogP) is 3.41. The van der Waals surface area contributed by atoms with Crippen LogP contribution in [0.1, 0.15) is 11.1 Å². The Balaban J connectivity index is 2.40. The van der Waals surface area contributed by atoms with E-state index in [0.29, 0.717) is 15.6 Å². The Morgan fingerprint density at radius 2 is 1.90 bits per heavy atom. The molecule has 0 atom stereocenters. The summed E-state index contributed by atoms with van der Waals surface area (Å²) in [6.45, 7) is 1.76. The van der Waals surface area contributed by atoms with Gasteiger partial charge in [0.05, 0.1) is 21.7 Å². The smallest absolute Gasteiger partial charge is 0.269 e. The predicted molar refractivity (Wildman–Crippen MR) is 80.8 cm³/mol. The standard InChI is InChI=1S/C13H11ClN2O2S2/c1-9-7-12(19-13(9)14)20(17,18)16(2)11-5-3-10(8-15)4-6-11/h3-7H,1-2H3. The summed E-state index contributed by atoms with van der Waals surface area (Å²) < 4.78 is 26.8. The molecule has 0 unspecified atom stereocenters. The van der Waals surface area contributed by atoms with E-state index in [9.17, 15) is 8.42 Å². The second kappa shape index (κ2) is 5.44. The fourth-order valence-electron chi connectivity index (χ4n) is 1.58. The van der Waals surface area contributed by atoms with Crippen LogP contribution in [0.5, 0.6) is 0 Å². The summed E-state index contributed by atoms with van der Waals surface area (Å²) in [6.07, 6.45) is 0. The average molecular weight is 327 g/mol. The number of aryl methyl sites for hydroxylation is 1. The highest BCUT2D eigenvalue weighted by molar-refractivity contribution is 7.94. The van der Waals surface area contributed by atoms with Crippen LogP contribution in [-0.2, 0) is 10.0 Å². The summed E-state index contributed by atoms with van der Waals surface area (Å²) in [5.74, 6) is 0. The molecular formula is C13H11ClN2O2S2. The number of benzene rings is 1. The van der Waals surface area contributed by atoms with E-state index in [4.69, 9.17) is 16.9 Å². The second-order valence-electron chi connectivity index (χ2n) is 4.15. The molecule has 0 saturated heterocycles. The fraction of sp³-hybridized carbons (Fsp3) is 0.154. The highest BCUT2D eigenvalue weighted by atomic mass is 35.5. The van der Waals surface area contributed by atoms with E-state index in [1.165, 1.54) is 11.4 Å². The number of nitriles is 1. The quantitative estimate of drug-likeness (QED) is 0.868. The molecule has 2 aromatic rings. The molecule has 0 bridgehead atoms. The number of rotatable bonds is 3. The van der Waals surface area contributed by atoms with Gasteiger partial charge in [-0.15, -0.1) is 11.3 Å². The third-order valence-electron chi connectivity index (χ3n) is 2.81. The van der Waals surface area contributed by atoms with Gasteiger partial charge in [-0.1, -0.05) is 11.6 Å². The van der Waals surface area contributed by atoms with Crippen molar-refractivity contribution in [3.8, 4) is 6.07 Å². The summed E-state index contributed by atoms with van der Waals surface area (Å²) in [7, 11) is -2.16. The molecule has 104 valence electrons. The molecule has 1 aromatic carbocycles. The fourth-order valence-corrected chi connectivity index (χ4v) is 4.65. The summed E-state index contributed by atoms with van der Waals surface area (Å²) in [5.41, 5.74) is 1.71. The van der Waals surface area contributed by atoms with Crippen LogP contribution >= 0.6 is 22.9 Å². The van der Waals surface area contributed by atoms with E-state index in [-0.39, 0.29) is 4.21 Å². The minimum atomic E-state index is -3.63. The molecule has 7 heteroatoms. The van der Waals surface area contributed by atoms with Crippen molar-refractivity contribution in [2.45, 2.75) is 11.1 Å². The Morgan fingerprint density at radius 3 is 2.35 bits per heavy atom. The van der Waals surface area contributed by atoms with Gasteiger partial charge in [0.1, 0.15) is 4.21 Å². The van der Waals surface area contributed by atoms with Crippen LogP contribution in [0.25, 0.3) is 0 Å². The number of hydrogen-bond donors (Lipinski definition) is 0. The summed E-state index contributed by atoms with van der Waals surface area (Å²) in [4.78, 5) is 0. The molecule has 20 heavy (non-hydrogen) atoms. The average Bonchev–Trinajstić information content (AvgIpc) is 2.78. The van der Waals surface area contributed by atoms with E-state index in [1.807, 2.05) is 6.07 Å². The van der Waals surface area contributed by atoms with Crippen molar-refractivity contribution in [3.05, 3.63) is 45.8 Å². The van der Waals surface area contributed by atoms with Gasteiger partial charge in [0.25, 0.3) is 10.0 Å². The van der Waals surface area contributed by atoms with Gasteiger partial charge in [-0.05, 0) is 42.8 Å². The van der Waals surface area contributed by atoms with Crippen LogP contribution in [-0.4, -0.2) is 15.5 Å². The number of nitrogens with zero attached hydrogens (tertiary/aromatic N) is 2. The Kier molecular flexibility index (Phi) is 4.04. The van der Waals surface area contributed by atoms with Gasteiger partial charge >= 0.3 is 0 Å². The van der Waals surface area contributed by atoms with Crippen molar-refractivity contribution < 1.29 is 8.42 Å². The highest BCUT2D eigenvalue weighted by Gasteiger charge is 2.24. The van der Waals surface area contributed by atoms with E-state index in [1.54, 1.807) is 37.3 Å². The van der Waals surface area contributed by atoms with E-state index in [2.05, 4.69) is 0 Å². The zero-order chi connectivity index (χ0) is 14.9. The van der Waals surface area contributed by atoms with E-state index < -0.39 is 10.0 Å². The zero-order valence-electron chi connectivity index (χ0n) is 10.8. The Labute approximate surface area is 126 Å². The first-order valence-electron chi connectivity index (χ1n) is 5.61. The second-order valence-corrected chi connectivity index (χ2v) is 8.00. The number of anilines is 1. The topological polar surface area (TPSA) is 61.2 Å². The minimum Gasteiger partial charge on any atom is -0.269 e. The van der Waals surface area contributed by atoms with Crippen LogP contribution in [0.15, 0.2) is 34.5 Å². The van der Waals surface area contributed by atoms with Gasteiger partial charge in [0.15, 0.2) is 0 Å². The first-order chi connectivity index (χ1) is 9.36. The molecule has 0 fully saturated rings. The molecule has 1 heterocycles. The molecule has 0 aliphatic heterocycles. The van der Waals surface area contributed by atoms with Crippen LogP contribution < -0.4 is 4.31 Å². The maximum Gasteiger partial charge on any atom is 0.273 e. The molecule has 0 radical (unpaired) electrons. The molecular weight excluding hydrogens is 316 g/mol. The van der Waals surface area contributed by atoms with Gasteiger partial charge in [-0.2, -0.15) is 5.26 Å². The van der Waals surface area contributed by atoms with Crippen LogP contribution in [0, 0.1) is 18.3 Å². The van der Waals surface area contributed by atoms with E-state index in [0.717, 1.165) is 16.9 Å². The molecule has 1 aromatic heterocycles. The molecule has 4 nitrogen and oxygen atoms in total.